The number of aromatic hydroxyl groups is 1. The first-order valence-corrected chi connectivity index (χ1v) is 10.9. The van der Waals surface area contributed by atoms with Crippen molar-refractivity contribution in [1.82, 2.24) is 30.0 Å². The van der Waals surface area contributed by atoms with Gasteiger partial charge < -0.3 is 19.9 Å². The summed E-state index contributed by atoms with van der Waals surface area (Å²) < 4.78 is 30.2. The van der Waals surface area contributed by atoms with Crippen molar-refractivity contribution in [2.24, 2.45) is 0 Å². The number of halogens is 2. The molecule has 3 aliphatic rings. The fraction of sp³-hybridized carbons (Fsp3) is 0.455. The number of rotatable bonds is 3. The average Bonchev–Trinajstić information content (AvgIpc) is 3.39. The number of fused-ring (bicyclic) bond motifs is 3. The third kappa shape index (κ3) is 3.21. The maximum atomic E-state index is 14.2. The molecular formula is C22H23F2N7O. The lowest BCUT2D eigenvalue weighted by atomic mass is 9.96. The average molecular weight is 439 g/mol. The fourth-order valence-corrected chi connectivity index (χ4v) is 5.30. The van der Waals surface area contributed by atoms with E-state index in [-0.39, 0.29) is 24.3 Å². The Hall–Kier alpha value is -3.14. The first-order valence-electron chi connectivity index (χ1n) is 10.9. The van der Waals surface area contributed by atoms with Gasteiger partial charge in [-0.2, -0.15) is 0 Å². The van der Waals surface area contributed by atoms with Crippen molar-refractivity contribution in [2.75, 3.05) is 11.4 Å². The number of hydrogen-bond donors (Lipinski definition) is 2. The van der Waals surface area contributed by atoms with Gasteiger partial charge in [-0.3, -0.25) is 0 Å². The second-order valence-electron chi connectivity index (χ2n) is 8.88. The molecule has 6 rings (SSSR count). The molecule has 2 N–H and O–H groups in total. The molecule has 2 saturated heterocycles. The van der Waals surface area contributed by atoms with Gasteiger partial charge in [-0.25, -0.2) is 18.7 Å². The van der Waals surface area contributed by atoms with Gasteiger partial charge in [-0.1, -0.05) is 0 Å². The second kappa shape index (κ2) is 7.19. The summed E-state index contributed by atoms with van der Waals surface area (Å²) in [6.45, 7) is 0.767. The highest BCUT2D eigenvalue weighted by molar-refractivity contribution is 5.66. The summed E-state index contributed by atoms with van der Waals surface area (Å²) >= 11 is 0. The van der Waals surface area contributed by atoms with E-state index in [4.69, 9.17) is 4.98 Å². The number of aromatic nitrogens is 5. The number of phenolic OH excluding ortho intramolecular Hbond substituents is 1. The molecule has 0 amide bonds. The molecule has 3 aromatic rings. The van der Waals surface area contributed by atoms with Gasteiger partial charge in [-0.15, -0.1) is 10.2 Å². The smallest absolute Gasteiger partial charge is 0.264 e. The molecule has 8 nitrogen and oxygen atoms in total. The Morgan fingerprint density at radius 1 is 1.19 bits per heavy atom. The molecule has 0 radical (unpaired) electrons. The molecule has 0 spiro atoms. The molecule has 166 valence electrons. The standard InChI is InChI=1S/C22H23F2N7O/c23-22(24)11-13-8-15(10-19(22)26-13)31-6-1-2-17-21(31)29-28-20(27-17)16-4-3-14(9-18(16)32)30-7-5-25-12-30/h3-5,7,9,12-13,15,19,26,32H,1-2,6,8,10-11H2/t13-,15+,19+/m0/s1. The SMILES string of the molecule is Oc1cc(-n2ccnc2)ccc1-c1nnc2c(n1)CCCN2[C@@H]1C[C@H]2CC(F)(F)[C@@H](C1)N2. The first-order chi connectivity index (χ1) is 15.5. The van der Waals surface area contributed by atoms with Crippen LogP contribution in [0.3, 0.4) is 0 Å². The van der Waals surface area contributed by atoms with Crippen LogP contribution in [0.15, 0.2) is 36.9 Å². The summed E-state index contributed by atoms with van der Waals surface area (Å²) in [5, 5.41) is 22.4. The lowest BCUT2D eigenvalue weighted by Gasteiger charge is -2.40. The van der Waals surface area contributed by atoms with Crippen LogP contribution in [0.25, 0.3) is 17.1 Å². The first kappa shape index (κ1) is 19.5. The molecule has 0 saturated carbocycles. The van der Waals surface area contributed by atoms with Gasteiger partial charge in [0.2, 0.25) is 0 Å². The molecule has 2 bridgehead atoms. The molecule has 5 heterocycles. The van der Waals surface area contributed by atoms with Crippen molar-refractivity contribution < 1.29 is 13.9 Å². The van der Waals surface area contributed by atoms with Gasteiger partial charge in [0.05, 0.1) is 29.3 Å². The van der Waals surface area contributed by atoms with Crippen LogP contribution in [0, 0.1) is 0 Å². The number of imidazole rings is 1. The molecule has 2 fully saturated rings. The number of phenols is 1. The topological polar surface area (TPSA) is 92.0 Å². The van der Waals surface area contributed by atoms with Crippen molar-refractivity contribution in [3.05, 3.63) is 42.6 Å². The van der Waals surface area contributed by atoms with Crippen molar-refractivity contribution >= 4 is 5.82 Å². The Morgan fingerprint density at radius 2 is 2.09 bits per heavy atom. The van der Waals surface area contributed by atoms with E-state index in [1.807, 2.05) is 6.07 Å². The predicted molar refractivity (Wildman–Crippen MR) is 113 cm³/mol. The molecule has 0 aliphatic carbocycles. The molecule has 10 heteroatoms. The molecule has 0 unspecified atom stereocenters. The molecule has 1 aromatic carbocycles. The van der Waals surface area contributed by atoms with Crippen LogP contribution in [0.5, 0.6) is 5.75 Å². The van der Waals surface area contributed by atoms with E-state index >= 15 is 0 Å². The highest BCUT2D eigenvalue weighted by Crippen LogP contribution is 2.42. The Labute approximate surface area is 183 Å². The number of piperidine rings is 1. The minimum absolute atomic E-state index is 0.00323. The second-order valence-corrected chi connectivity index (χ2v) is 8.88. The van der Waals surface area contributed by atoms with E-state index < -0.39 is 12.0 Å². The number of benzene rings is 1. The van der Waals surface area contributed by atoms with Crippen LogP contribution in [-0.2, 0) is 6.42 Å². The summed E-state index contributed by atoms with van der Waals surface area (Å²) in [5.74, 6) is -1.55. The number of anilines is 1. The summed E-state index contributed by atoms with van der Waals surface area (Å²) in [5.41, 5.74) is 2.08. The summed E-state index contributed by atoms with van der Waals surface area (Å²) in [4.78, 5) is 10.8. The zero-order valence-electron chi connectivity index (χ0n) is 17.3. The van der Waals surface area contributed by atoms with Gasteiger partial charge in [0.1, 0.15) is 5.75 Å². The maximum Gasteiger partial charge on any atom is 0.264 e. The van der Waals surface area contributed by atoms with Crippen molar-refractivity contribution in [2.45, 2.75) is 56.2 Å². The van der Waals surface area contributed by atoms with Crippen molar-refractivity contribution in [1.29, 1.82) is 0 Å². The van der Waals surface area contributed by atoms with Crippen LogP contribution < -0.4 is 10.2 Å². The zero-order valence-corrected chi connectivity index (χ0v) is 17.3. The molecule has 3 atom stereocenters. The van der Waals surface area contributed by atoms with E-state index in [9.17, 15) is 13.9 Å². The number of hydrogen-bond acceptors (Lipinski definition) is 7. The molecule has 2 aromatic heterocycles. The van der Waals surface area contributed by atoms with Crippen LogP contribution in [-0.4, -0.2) is 60.4 Å². The van der Waals surface area contributed by atoms with Crippen LogP contribution in [0.4, 0.5) is 14.6 Å². The molecule has 32 heavy (non-hydrogen) atoms. The minimum Gasteiger partial charge on any atom is -0.507 e. The largest absolute Gasteiger partial charge is 0.507 e. The molecule has 3 aliphatic heterocycles. The predicted octanol–water partition coefficient (Wildman–Crippen LogP) is 2.71. The number of aryl methyl sites for hydroxylation is 1. The van der Waals surface area contributed by atoms with E-state index in [1.165, 1.54) is 0 Å². The lowest BCUT2D eigenvalue weighted by Crippen LogP contribution is -2.52. The summed E-state index contributed by atoms with van der Waals surface area (Å²) in [6.07, 6.45) is 7.72. The Kier molecular flexibility index (Phi) is 4.39. The van der Waals surface area contributed by atoms with Gasteiger partial charge in [0, 0.05) is 43.5 Å². The molecular weight excluding hydrogens is 416 g/mol. The zero-order chi connectivity index (χ0) is 21.9. The monoisotopic (exact) mass is 439 g/mol. The van der Waals surface area contributed by atoms with E-state index in [2.05, 4.69) is 25.4 Å². The third-order valence-corrected chi connectivity index (χ3v) is 6.82. The Bertz CT molecular complexity index is 1150. The van der Waals surface area contributed by atoms with Crippen LogP contribution in [0.1, 0.15) is 31.4 Å². The lowest BCUT2D eigenvalue weighted by molar-refractivity contribution is -0.0129. The van der Waals surface area contributed by atoms with Crippen LogP contribution in [0.2, 0.25) is 0 Å². The maximum absolute atomic E-state index is 14.2. The van der Waals surface area contributed by atoms with Crippen molar-refractivity contribution in [3.8, 4) is 22.8 Å². The fourth-order valence-electron chi connectivity index (χ4n) is 5.30. The van der Waals surface area contributed by atoms with Crippen LogP contribution >= 0.6 is 0 Å². The Balaban J connectivity index is 1.28. The normalized spacial score (nSPS) is 26.2. The van der Waals surface area contributed by atoms with E-state index in [1.54, 1.807) is 35.4 Å². The van der Waals surface area contributed by atoms with Gasteiger partial charge in [0.15, 0.2) is 11.6 Å². The van der Waals surface area contributed by atoms with Gasteiger partial charge in [0.25, 0.3) is 5.92 Å². The quantitative estimate of drug-likeness (QED) is 0.648. The number of nitrogens with one attached hydrogen (secondary N) is 1. The highest BCUT2D eigenvalue weighted by atomic mass is 19.3. The van der Waals surface area contributed by atoms with Crippen molar-refractivity contribution in [3.63, 3.8) is 0 Å². The number of alkyl halides is 2. The summed E-state index contributed by atoms with van der Waals surface area (Å²) in [7, 11) is 0. The Morgan fingerprint density at radius 3 is 2.88 bits per heavy atom. The van der Waals surface area contributed by atoms with Gasteiger partial charge >= 0.3 is 0 Å². The highest BCUT2D eigenvalue weighted by Gasteiger charge is 2.53. The van der Waals surface area contributed by atoms with Gasteiger partial charge in [-0.05, 0) is 37.8 Å². The van der Waals surface area contributed by atoms with E-state index in [0.29, 0.717) is 30.0 Å². The third-order valence-electron chi connectivity index (χ3n) is 6.82. The van der Waals surface area contributed by atoms with E-state index in [0.717, 1.165) is 30.8 Å². The summed E-state index contributed by atoms with van der Waals surface area (Å²) in [6, 6.07) is 4.33. The minimum atomic E-state index is -2.65. The number of nitrogens with zero attached hydrogens (tertiary/aromatic N) is 6.